The van der Waals surface area contributed by atoms with Crippen LogP contribution in [0.3, 0.4) is 0 Å². The normalized spacial score (nSPS) is 20.6. The standard InChI is InChI=1S/C12H17NO2/c1-3-15-12(14)11(8-13)10-6-4-9(2)5-7-10/h9H,3-7H2,1-2H3. The van der Waals surface area contributed by atoms with Gasteiger partial charge in [-0.05, 0) is 44.1 Å². The van der Waals surface area contributed by atoms with E-state index in [1.54, 1.807) is 6.92 Å². The van der Waals surface area contributed by atoms with E-state index in [0.717, 1.165) is 31.3 Å². The minimum atomic E-state index is -0.454. The highest BCUT2D eigenvalue weighted by atomic mass is 16.5. The molecule has 0 spiro atoms. The van der Waals surface area contributed by atoms with Gasteiger partial charge in [0.2, 0.25) is 0 Å². The van der Waals surface area contributed by atoms with Crippen molar-refractivity contribution in [1.29, 1.82) is 5.26 Å². The van der Waals surface area contributed by atoms with Crippen molar-refractivity contribution in [3.05, 3.63) is 11.1 Å². The van der Waals surface area contributed by atoms with Crippen LogP contribution in [-0.2, 0) is 9.53 Å². The maximum atomic E-state index is 11.5. The molecular weight excluding hydrogens is 190 g/mol. The van der Waals surface area contributed by atoms with Crippen LogP contribution in [0.4, 0.5) is 0 Å². The van der Waals surface area contributed by atoms with Gasteiger partial charge in [0.15, 0.2) is 0 Å². The van der Waals surface area contributed by atoms with Gasteiger partial charge in [-0.1, -0.05) is 6.92 Å². The van der Waals surface area contributed by atoms with Crippen LogP contribution in [-0.4, -0.2) is 12.6 Å². The number of ether oxygens (including phenoxy) is 1. The highest BCUT2D eigenvalue weighted by Gasteiger charge is 2.20. The average Bonchev–Trinajstić information content (AvgIpc) is 2.22. The third-order valence-electron chi connectivity index (χ3n) is 2.82. The fourth-order valence-corrected chi connectivity index (χ4v) is 1.83. The van der Waals surface area contributed by atoms with Gasteiger partial charge in [-0.25, -0.2) is 4.79 Å². The van der Waals surface area contributed by atoms with Crippen LogP contribution in [0, 0.1) is 17.2 Å². The molecule has 1 aliphatic carbocycles. The minimum Gasteiger partial charge on any atom is -0.462 e. The zero-order valence-corrected chi connectivity index (χ0v) is 9.38. The van der Waals surface area contributed by atoms with Crippen molar-refractivity contribution in [2.75, 3.05) is 6.61 Å². The summed E-state index contributed by atoms with van der Waals surface area (Å²) in [6.45, 7) is 4.28. The first-order valence-corrected chi connectivity index (χ1v) is 5.48. The Labute approximate surface area is 90.7 Å². The Kier molecular flexibility index (Phi) is 4.36. The Morgan fingerprint density at radius 2 is 2.13 bits per heavy atom. The summed E-state index contributed by atoms with van der Waals surface area (Å²) in [4.78, 5) is 11.5. The molecule has 0 saturated heterocycles. The van der Waals surface area contributed by atoms with Gasteiger partial charge in [0.1, 0.15) is 11.6 Å². The molecule has 1 saturated carbocycles. The molecule has 1 aliphatic rings. The molecule has 0 aromatic heterocycles. The molecule has 3 heteroatoms. The molecule has 0 heterocycles. The lowest BCUT2D eigenvalue weighted by Gasteiger charge is -2.20. The van der Waals surface area contributed by atoms with Crippen molar-refractivity contribution in [1.82, 2.24) is 0 Å². The summed E-state index contributed by atoms with van der Waals surface area (Å²) in [5.41, 5.74) is 1.22. The molecule has 0 N–H and O–H groups in total. The zero-order valence-electron chi connectivity index (χ0n) is 9.38. The summed E-state index contributed by atoms with van der Waals surface area (Å²) in [5.74, 6) is 0.250. The first kappa shape index (κ1) is 11.8. The predicted molar refractivity (Wildman–Crippen MR) is 56.9 cm³/mol. The fourth-order valence-electron chi connectivity index (χ4n) is 1.83. The summed E-state index contributed by atoms with van der Waals surface area (Å²) in [5, 5.41) is 8.93. The van der Waals surface area contributed by atoms with Gasteiger partial charge in [-0.2, -0.15) is 5.26 Å². The van der Waals surface area contributed by atoms with Gasteiger partial charge >= 0.3 is 5.97 Å². The Bertz CT molecular complexity index is 302. The summed E-state index contributed by atoms with van der Waals surface area (Å²) >= 11 is 0. The van der Waals surface area contributed by atoms with Gasteiger partial charge in [-0.15, -0.1) is 0 Å². The highest BCUT2D eigenvalue weighted by molar-refractivity contribution is 5.93. The monoisotopic (exact) mass is 207 g/mol. The van der Waals surface area contributed by atoms with Crippen LogP contribution in [0.2, 0.25) is 0 Å². The Morgan fingerprint density at radius 3 is 2.60 bits per heavy atom. The van der Waals surface area contributed by atoms with Crippen LogP contribution in [0.25, 0.3) is 0 Å². The van der Waals surface area contributed by atoms with E-state index in [0.29, 0.717) is 12.5 Å². The molecule has 0 aromatic rings. The second-order valence-electron chi connectivity index (χ2n) is 3.99. The molecule has 1 rings (SSSR count). The number of carbonyl (C=O) groups excluding carboxylic acids is 1. The highest BCUT2D eigenvalue weighted by Crippen LogP contribution is 2.29. The van der Waals surface area contributed by atoms with Gasteiger partial charge in [-0.3, -0.25) is 0 Å². The van der Waals surface area contributed by atoms with Crippen LogP contribution in [0.15, 0.2) is 11.1 Å². The largest absolute Gasteiger partial charge is 0.462 e. The lowest BCUT2D eigenvalue weighted by Crippen LogP contribution is -2.12. The summed E-state index contributed by atoms with van der Waals surface area (Å²) < 4.78 is 4.86. The number of hydrogen-bond acceptors (Lipinski definition) is 3. The molecule has 0 unspecified atom stereocenters. The lowest BCUT2D eigenvalue weighted by atomic mass is 9.85. The van der Waals surface area contributed by atoms with Gasteiger partial charge in [0.05, 0.1) is 6.61 Å². The number of allylic oxidation sites excluding steroid dienone is 1. The predicted octanol–water partition coefficient (Wildman–Crippen LogP) is 2.58. The number of nitrogens with zero attached hydrogens (tertiary/aromatic N) is 1. The number of hydrogen-bond donors (Lipinski definition) is 0. The molecular formula is C12H17NO2. The molecule has 0 amide bonds. The van der Waals surface area contributed by atoms with Crippen molar-refractivity contribution in [3.63, 3.8) is 0 Å². The number of esters is 1. The first-order chi connectivity index (χ1) is 7.19. The van der Waals surface area contributed by atoms with Crippen molar-refractivity contribution in [2.45, 2.75) is 39.5 Å². The van der Waals surface area contributed by atoms with E-state index in [-0.39, 0.29) is 5.57 Å². The van der Waals surface area contributed by atoms with E-state index in [2.05, 4.69) is 6.92 Å². The SMILES string of the molecule is CCOC(=O)C(C#N)=C1CCC(C)CC1. The topological polar surface area (TPSA) is 50.1 Å². The van der Waals surface area contributed by atoms with Crippen LogP contribution in [0.5, 0.6) is 0 Å². The van der Waals surface area contributed by atoms with E-state index in [1.165, 1.54) is 0 Å². The van der Waals surface area contributed by atoms with E-state index in [4.69, 9.17) is 10.00 Å². The fraction of sp³-hybridized carbons (Fsp3) is 0.667. The lowest BCUT2D eigenvalue weighted by molar-refractivity contribution is -0.138. The van der Waals surface area contributed by atoms with Crippen molar-refractivity contribution in [3.8, 4) is 6.07 Å². The quantitative estimate of drug-likeness (QED) is 0.397. The summed E-state index contributed by atoms with van der Waals surface area (Å²) in [6, 6.07) is 1.98. The van der Waals surface area contributed by atoms with E-state index >= 15 is 0 Å². The third kappa shape index (κ3) is 3.09. The van der Waals surface area contributed by atoms with Crippen LogP contribution < -0.4 is 0 Å². The Hall–Kier alpha value is -1.30. The van der Waals surface area contributed by atoms with E-state index in [1.807, 2.05) is 6.07 Å². The van der Waals surface area contributed by atoms with Gasteiger partial charge < -0.3 is 4.74 Å². The molecule has 0 atom stereocenters. The van der Waals surface area contributed by atoms with Crippen LogP contribution >= 0.6 is 0 Å². The average molecular weight is 207 g/mol. The molecule has 0 radical (unpaired) electrons. The zero-order chi connectivity index (χ0) is 11.3. The maximum absolute atomic E-state index is 11.5. The number of nitriles is 1. The molecule has 3 nitrogen and oxygen atoms in total. The van der Waals surface area contributed by atoms with Crippen molar-refractivity contribution in [2.24, 2.45) is 5.92 Å². The maximum Gasteiger partial charge on any atom is 0.348 e. The van der Waals surface area contributed by atoms with E-state index < -0.39 is 5.97 Å². The molecule has 82 valence electrons. The summed E-state index contributed by atoms with van der Waals surface area (Å²) in [6.07, 6.45) is 3.87. The van der Waals surface area contributed by atoms with Gasteiger partial charge in [0.25, 0.3) is 0 Å². The third-order valence-corrected chi connectivity index (χ3v) is 2.82. The smallest absolute Gasteiger partial charge is 0.348 e. The van der Waals surface area contributed by atoms with Crippen LogP contribution in [0.1, 0.15) is 39.5 Å². The Morgan fingerprint density at radius 1 is 1.53 bits per heavy atom. The Balaban J connectivity index is 2.76. The molecule has 0 bridgehead atoms. The van der Waals surface area contributed by atoms with Crippen molar-refractivity contribution < 1.29 is 9.53 Å². The van der Waals surface area contributed by atoms with Gasteiger partial charge in [0, 0.05) is 0 Å². The first-order valence-electron chi connectivity index (χ1n) is 5.48. The molecule has 0 aliphatic heterocycles. The summed E-state index contributed by atoms with van der Waals surface area (Å²) in [7, 11) is 0. The van der Waals surface area contributed by atoms with Crippen molar-refractivity contribution >= 4 is 5.97 Å². The van der Waals surface area contributed by atoms with E-state index in [9.17, 15) is 4.79 Å². The second-order valence-corrected chi connectivity index (χ2v) is 3.99. The second kappa shape index (κ2) is 5.55. The molecule has 15 heavy (non-hydrogen) atoms. The molecule has 1 fully saturated rings. The number of carbonyl (C=O) groups is 1. The number of rotatable bonds is 2. The minimum absolute atomic E-state index is 0.240. The molecule has 0 aromatic carbocycles.